The van der Waals surface area contributed by atoms with E-state index in [1.165, 1.54) is 51.5 Å². The van der Waals surface area contributed by atoms with Gasteiger partial charge >= 0.3 is 0 Å². The summed E-state index contributed by atoms with van der Waals surface area (Å²) in [6.45, 7) is 4.53. The molecule has 1 N–H and O–H groups in total. The SMILES string of the molecule is COC1CC(C)CC(OC)C1CNCC1CCCCC1. The molecule has 20 heavy (non-hydrogen) atoms. The van der Waals surface area contributed by atoms with Gasteiger partial charge in [-0.25, -0.2) is 0 Å². The second-order valence-electron chi connectivity index (χ2n) is 6.95. The molecule has 0 aromatic rings. The van der Waals surface area contributed by atoms with E-state index in [1.54, 1.807) is 0 Å². The molecule has 2 atom stereocenters. The van der Waals surface area contributed by atoms with Crippen molar-refractivity contribution in [2.45, 2.75) is 64.1 Å². The van der Waals surface area contributed by atoms with E-state index in [0.29, 0.717) is 24.0 Å². The van der Waals surface area contributed by atoms with Gasteiger partial charge in [0.25, 0.3) is 0 Å². The van der Waals surface area contributed by atoms with E-state index in [9.17, 15) is 0 Å². The van der Waals surface area contributed by atoms with Crippen molar-refractivity contribution in [3.05, 3.63) is 0 Å². The fraction of sp³-hybridized carbons (Fsp3) is 1.00. The molecule has 0 aromatic carbocycles. The summed E-state index contributed by atoms with van der Waals surface area (Å²) in [5.74, 6) is 2.11. The Morgan fingerprint density at radius 2 is 1.50 bits per heavy atom. The Hall–Kier alpha value is -0.120. The highest BCUT2D eigenvalue weighted by molar-refractivity contribution is 4.88. The first-order valence-electron chi connectivity index (χ1n) is 8.51. The maximum atomic E-state index is 5.73. The molecule has 118 valence electrons. The van der Waals surface area contributed by atoms with Gasteiger partial charge in [0.2, 0.25) is 0 Å². The van der Waals surface area contributed by atoms with Crippen molar-refractivity contribution < 1.29 is 9.47 Å². The van der Waals surface area contributed by atoms with Gasteiger partial charge in [-0.05, 0) is 44.1 Å². The van der Waals surface area contributed by atoms with E-state index in [4.69, 9.17) is 9.47 Å². The minimum atomic E-state index is 0.350. The van der Waals surface area contributed by atoms with Crippen LogP contribution in [-0.2, 0) is 9.47 Å². The fourth-order valence-corrected chi connectivity index (χ4v) is 4.13. The topological polar surface area (TPSA) is 30.5 Å². The average Bonchev–Trinajstić information content (AvgIpc) is 2.49. The first kappa shape index (κ1) is 16.3. The molecule has 0 spiro atoms. The van der Waals surface area contributed by atoms with Crippen LogP contribution in [0.2, 0.25) is 0 Å². The molecule has 0 bridgehead atoms. The maximum absolute atomic E-state index is 5.73. The third-order valence-corrected chi connectivity index (χ3v) is 5.37. The molecule has 2 aliphatic rings. The lowest BCUT2D eigenvalue weighted by Crippen LogP contribution is -2.47. The van der Waals surface area contributed by atoms with Gasteiger partial charge in [0.15, 0.2) is 0 Å². The number of ether oxygens (including phenoxy) is 2. The van der Waals surface area contributed by atoms with E-state index in [-0.39, 0.29) is 0 Å². The smallest absolute Gasteiger partial charge is 0.0639 e. The lowest BCUT2D eigenvalue weighted by atomic mass is 9.78. The molecule has 2 unspecified atom stereocenters. The number of hydrogen-bond acceptors (Lipinski definition) is 3. The van der Waals surface area contributed by atoms with Crippen LogP contribution in [0, 0.1) is 17.8 Å². The van der Waals surface area contributed by atoms with Crippen molar-refractivity contribution in [1.82, 2.24) is 5.32 Å². The summed E-state index contributed by atoms with van der Waals surface area (Å²) in [5, 5.41) is 3.71. The van der Waals surface area contributed by atoms with Gasteiger partial charge in [0.1, 0.15) is 0 Å². The highest BCUT2D eigenvalue weighted by Crippen LogP contribution is 2.32. The first-order chi connectivity index (χ1) is 9.74. The summed E-state index contributed by atoms with van der Waals surface area (Å²) in [5.41, 5.74) is 0. The maximum Gasteiger partial charge on any atom is 0.0639 e. The molecule has 0 heterocycles. The summed E-state index contributed by atoms with van der Waals surface area (Å²) >= 11 is 0. The third kappa shape index (κ3) is 4.44. The molecule has 2 rings (SSSR count). The largest absolute Gasteiger partial charge is 0.381 e. The average molecular weight is 283 g/mol. The molecule has 3 heteroatoms. The van der Waals surface area contributed by atoms with E-state index >= 15 is 0 Å². The Bertz CT molecular complexity index is 252. The van der Waals surface area contributed by atoms with Gasteiger partial charge in [0.05, 0.1) is 12.2 Å². The molecule has 2 aliphatic carbocycles. The molecule has 0 aliphatic heterocycles. The Balaban J connectivity index is 1.78. The van der Waals surface area contributed by atoms with Crippen molar-refractivity contribution in [3.8, 4) is 0 Å². The lowest BCUT2D eigenvalue weighted by Gasteiger charge is -2.40. The summed E-state index contributed by atoms with van der Waals surface area (Å²) in [6, 6.07) is 0. The van der Waals surface area contributed by atoms with Gasteiger partial charge in [-0.3, -0.25) is 0 Å². The molecule has 3 nitrogen and oxygen atoms in total. The Kier molecular flexibility index (Phi) is 6.79. The van der Waals surface area contributed by atoms with Gasteiger partial charge in [0, 0.05) is 26.7 Å². The van der Waals surface area contributed by atoms with Crippen LogP contribution in [0.3, 0.4) is 0 Å². The van der Waals surface area contributed by atoms with Crippen LogP contribution >= 0.6 is 0 Å². The summed E-state index contributed by atoms with van der Waals surface area (Å²) < 4.78 is 11.5. The Morgan fingerprint density at radius 1 is 0.900 bits per heavy atom. The van der Waals surface area contributed by atoms with Crippen LogP contribution in [0.25, 0.3) is 0 Å². The van der Waals surface area contributed by atoms with E-state index in [0.717, 1.165) is 12.5 Å². The zero-order valence-corrected chi connectivity index (χ0v) is 13.6. The second-order valence-corrected chi connectivity index (χ2v) is 6.95. The molecule has 0 amide bonds. The van der Waals surface area contributed by atoms with Crippen molar-refractivity contribution >= 4 is 0 Å². The third-order valence-electron chi connectivity index (χ3n) is 5.37. The quantitative estimate of drug-likeness (QED) is 0.812. The van der Waals surface area contributed by atoms with Crippen molar-refractivity contribution in [2.75, 3.05) is 27.3 Å². The predicted octanol–water partition coefficient (Wildman–Crippen LogP) is 3.23. The highest BCUT2D eigenvalue weighted by Gasteiger charge is 2.36. The molecule has 2 fully saturated rings. The Morgan fingerprint density at radius 3 is 2.05 bits per heavy atom. The highest BCUT2D eigenvalue weighted by atomic mass is 16.5. The van der Waals surface area contributed by atoms with Crippen molar-refractivity contribution in [3.63, 3.8) is 0 Å². The van der Waals surface area contributed by atoms with Crippen molar-refractivity contribution in [2.24, 2.45) is 17.8 Å². The van der Waals surface area contributed by atoms with E-state index in [2.05, 4.69) is 12.2 Å². The van der Waals surface area contributed by atoms with Gasteiger partial charge in [-0.2, -0.15) is 0 Å². The first-order valence-corrected chi connectivity index (χ1v) is 8.51. The van der Waals surface area contributed by atoms with Crippen LogP contribution in [0.5, 0.6) is 0 Å². The summed E-state index contributed by atoms with van der Waals surface area (Å²) in [6.07, 6.45) is 10.2. The molecular formula is C17H33NO2. The standard InChI is InChI=1S/C17H33NO2/c1-13-9-16(19-2)15(17(10-13)20-3)12-18-11-14-7-5-4-6-8-14/h13-18H,4-12H2,1-3H3. The zero-order chi connectivity index (χ0) is 14.4. The molecular weight excluding hydrogens is 250 g/mol. The monoisotopic (exact) mass is 283 g/mol. The van der Waals surface area contributed by atoms with E-state index in [1.807, 2.05) is 14.2 Å². The normalized spacial score (nSPS) is 36.1. The fourth-order valence-electron chi connectivity index (χ4n) is 4.13. The van der Waals surface area contributed by atoms with E-state index < -0.39 is 0 Å². The van der Waals surface area contributed by atoms with Crippen LogP contribution in [0.4, 0.5) is 0 Å². The molecule has 0 aromatic heterocycles. The predicted molar refractivity (Wildman–Crippen MR) is 82.9 cm³/mol. The zero-order valence-electron chi connectivity index (χ0n) is 13.6. The number of rotatable bonds is 6. The van der Waals surface area contributed by atoms with Gasteiger partial charge in [-0.1, -0.05) is 26.2 Å². The lowest BCUT2D eigenvalue weighted by molar-refractivity contribution is -0.0772. The van der Waals surface area contributed by atoms with Crippen LogP contribution in [0.15, 0.2) is 0 Å². The number of methoxy groups -OCH3 is 2. The Labute approximate surface area is 124 Å². The molecule has 2 saturated carbocycles. The van der Waals surface area contributed by atoms with Crippen LogP contribution < -0.4 is 5.32 Å². The molecule has 0 saturated heterocycles. The minimum absolute atomic E-state index is 0.350. The summed E-state index contributed by atoms with van der Waals surface area (Å²) in [4.78, 5) is 0. The minimum Gasteiger partial charge on any atom is -0.381 e. The van der Waals surface area contributed by atoms with Crippen LogP contribution in [-0.4, -0.2) is 39.5 Å². The van der Waals surface area contributed by atoms with Gasteiger partial charge in [-0.15, -0.1) is 0 Å². The summed E-state index contributed by atoms with van der Waals surface area (Å²) in [7, 11) is 3.70. The second kappa shape index (κ2) is 8.35. The van der Waals surface area contributed by atoms with Crippen molar-refractivity contribution in [1.29, 1.82) is 0 Å². The number of nitrogens with one attached hydrogen (secondary N) is 1. The molecule has 0 radical (unpaired) electrons. The van der Waals surface area contributed by atoms with Gasteiger partial charge < -0.3 is 14.8 Å². The number of hydrogen-bond donors (Lipinski definition) is 1. The van der Waals surface area contributed by atoms with Crippen LogP contribution in [0.1, 0.15) is 51.9 Å².